The monoisotopic (exact) mass is 816 g/mol. The maximum absolute atomic E-state index is 14.0. The first-order valence-corrected chi connectivity index (χ1v) is 21.6. The summed E-state index contributed by atoms with van der Waals surface area (Å²) in [4.78, 5) is 14.6. The highest BCUT2D eigenvalue weighted by Crippen LogP contribution is 2.47. The van der Waals surface area contributed by atoms with Gasteiger partial charge in [0.25, 0.3) is 0 Å². The number of hydrogen-bond acceptors (Lipinski definition) is 13. The van der Waals surface area contributed by atoms with E-state index < -0.39 is 50.3 Å². The molecule has 1 fully saturated rings. The molecule has 1 aromatic carbocycles. The van der Waals surface area contributed by atoms with Crippen LogP contribution in [0.25, 0.3) is 5.52 Å². The van der Waals surface area contributed by atoms with E-state index in [4.69, 9.17) is 29.0 Å². The van der Waals surface area contributed by atoms with Crippen LogP contribution in [0.5, 0.6) is 5.75 Å². The summed E-state index contributed by atoms with van der Waals surface area (Å²) in [6.07, 6.45) is 14.7. The number of rotatable bonds is 28. The lowest BCUT2D eigenvalue weighted by Gasteiger charge is -2.24. The number of ether oxygens (including phenoxy) is 3. The SMILES string of the molecule is CCCCCCCCCCCCCCCCCCOC[C@H](COc1cc(F)cc(C#N)c1)OP(=O)(O)OC[C@H]1O[C@@](C#N)(c2ccc3c(N)ncnn23)[C@H](O)[C@@H]1O. The molecule has 0 aliphatic carbocycles. The number of hydrogen-bond donors (Lipinski definition) is 4. The molecule has 1 unspecified atom stereocenters. The summed E-state index contributed by atoms with van der Waals surface area (Å²) in [6, 6.07) is 10.1. The molecular formula is C40H58FN6O9P. The fourth-order valence-electron chi connectivity index (χ4n) is 6.91. The van der Waals surface area contributed by atoms with Gasteiger partial charge in [0.1, 0.15) is 60.5 Å². The number of anilines is 1. The zero-order valence-electron chi connectivity index (χ0n) is 32.8. The molecule has 2 aromatic heterocycles. The van der Waals surface area contributed by atoms with Crippen molar-refractivity contribution in [2.75, 3.05) is 32.2 Å². The zero-order chi connectivity index (χ0) is 41.1. The number of aromatic nitrogens is 3. The van der Waals surface area contributed by atoms with Crippen LogP contribution in [0.4, 0.5) is 10.2 Å². The maximum atomic E-state index is 14.0. The summed E-state index contributed by atoms with van der Waals surface area (Å²) in [7, 11) is -4.93. The van der Waals surface area contributed by atoms with Crippen molar-refractivity contribution in [1.82, 2.24) is 14.6 Å². The molecule has 3 heterocycles. The first kappa shape index (κ1) is 46.0. The van der Waals surface area contributed by atoms with Crippen LogP contribution in [0.1, 0.15) is 121 Å². The molecular weight excluding hydrogens is 758 g/mol. The smallest absolute Gasteiger partial charge is 0.472 e. The highest BCUT2D eigenvalue weighted by Gasteiger charge is 2.58. The molecule has 57 heavy (non-hydrogen) atoms. The van der Waals surface area contributed by atoms with Crippen molar-refractivity contribution in [3.8, 4) is 17.9 Å². The molecule has 0 spiro atoms. The van der Waals surface area contributed by atoms with Crippen molar-refractivity contribution in [3.05, 3.63) is 53.7 Å². The van der Waals surface area contributed by atoms with Gasteiger partial charge in [-0.25, -0.2) is 18.5 Å². The van der Waals surface area contributed by atoms with Crippen LogP contribution in [0.15, 0.2) is 36.7 Å². The third-order valence-electron chi connectivity index (χ3n) is 10.1. The molecule has 1 aliphatic rings. The summed E-state index contributed by atoms with van der Waals surface area (Å²) >= 11 is 0. The number of aliphatic hydroxyl groups is 2. The second-order valence-corrected chi connectivity index (χ2v) is 16.0. The number of unbranched alkanes of at least 4 members (excludes halogenated alkanes) is 15. The van der Waals surface area contributed by atoms with Crippen molar-refractivity contribution < 1.29 is 47.3 Å². The van der Waals surface area contributed by atoms with E-state index >= 15 is 0 Å². The van der Waals surface area contributed by atoms with Gasteiger partial charge in [0.2, 0.25) is 5.60 Å². The third kappa shape index (κ3) is 14.0. The van der Waals surface area contributed by atoms with Gasteiger partial charge in [0.05, 0.1) is 30.5 Å². The van der Waals surface area contributed by atoms with E-state index in [0.717, 1.165) is 44.1 Å². The average Bonchev–Trinajstić information content (AvgIpc) is 3.74. The average molecular weight is 817 g/mol. The molecule has 1 saturated heterocycles. The summed E-state index contributed by atoms with van der Waals surface area (Å²) in [5.41, 5.74) is 4.15. The lowest BCUT2D eigenvalue weighted by Crippen LogP contribution is -2.41. The van der Waals surface area contributed by atoms with Crippen LogP contribution in [0.2, 0.25) is 0 Å². The number of phosphoric ester groups is 1. The van der Waals surface area contributed by atoms with Crippen LogP contribution in [-0.2, 0) is 28.7 Å². The first-order chi connectivity index (χ1) is 27.5. The van der Waals surface area contributed by atoms with Crippen LogP contribution in [0.3, 0.4) is 0 Å². The van der Waals surface area contributed by atoms with Crippen LogP contribution in [-0.4, -0.2) is 80.5 Å². The number of benzene rings is 1. The molecule has 5 N–H and O–H groups in total. The Kier molecular flexibility index (Phi) is 19.1. The van der Waals surface area contributed by atoms with Crippen molar-refractivity contribution in [2.24, 2.45) is 0 Å². The van der Waals surface area contributed by atoms with Gasteiger partial charge in [-0.05, 0) is 30.7 Å². The number of nitrogens with two attached hydrogens (primary N) is 1. The number of nitrogen functional groups attached to an aromatic ring is 1. The quantitative estimate of drug-likeness (QED) is 0.0427. The number of fused-ring (bicyclic) bond motifs is 1. The molecule has 314 valence electrons. The van der Waals surface area contributed by atoms with E-state index in [9.17, 15) is 34.6 Å². The minimum absolute atomic E-state index is 0.000821. The fourth-order valence-corrected chi connectivity index (χ4v) is 7.81. The molecule has 0 saturated carbocycles. The molecule has 15 nitrogen and oxygen atoms in total. The molecule has 0 bridgehead atoms. The zero-order valence-corrected chi connectivity index (χ0v) is 33.7. The number of nitrogens with zero attached hydrogens (tertiary/aromatic N) is 5. The van der Waals surface area contributed by atoms with E-state index in [1.165, 1.54) is 99.8 Å². The van der Waals surface area contributed by atoms with Crippen molar-refractivity contribution in [2.45, 2.75) is 140 Å². The predicted molar refractivity (Wildman–Crippen MR) is 209 cm³/mol. The van der Waals surface area contributed by atoms with E-state index in [2.05, 4.69) is 17.0 Å². The largest absolute Gasteiger partial charge is 0.491 e. The second-order valence-electron chi connectivity index (χ2n) is 14.6. The Morgan fingerprint density at radius 3 is 2.21 bits per heavy atom. The van der Waals surface area contributed by atoms with E-state index in [1.807, 2.05) is 12.1 Å². The first-order valence-electron chi connectivity index (χ1n) is 20.1. The van der Waals surface area contributed by atoms with Crippen molar-refractivity contribution in [1.29, 1.82) is 10.5 Å². The second kappa shape index (κ2) is 23.6. The van der Waals surface area contributed by atoms with Gasteiger partial charge in [-0.1, -0.05) is 103 Å². The number of aliphatic hydroxyl groups excluding tert-OH is 2. The molecule has 0 amide bonds. The van der Waals surface area contributed by atoms with Gasteiger partial charge >= 0.3 is 7.82 Å². The number of halogens is 1. The highest BCUT2D eigenvalue weighted by atomic mass is 31.2. The Labute approximate surface area is 334 Å². The van der Waals surface area contributed by atoms with Gasteiger partial charge in [-0.15, -0.1) is 0 Å². The van der Waals surface area contributed by atoms with Gasteiger partial charge in [0, 0.05) is 12.7 Å². The molecule has 0 radical (unpaired) electrons. The fraction of sp³-hybridized carbons (Fsp3) is 0.650. The van der Waals surface area contributed by atoms with Crippen LogP contribution < -0.4 is 10.5 Å². The molecule has 1 aliphatic heterocycles. The lowest BCUT2D eigenvalue weighted by atomic mass is 9.92. The minimum atomic E-state index is -4.93. The predicted octanol–water partition coefficient (Wildman–Crippen LogP) is 7.02. The number of phosphoric acid groups is 1. The van der Waals surface area contributed by atoms with Gasteiger partial charge in [0.15, 0.2) is 5.82 Å². The van der Waals surface area contributed by atoms with Crippen molar-refractivity contribution in [3.63, 3.8) is 0 Å². The van der Waals surface area contributed by atoms with Gasteiger partial charge in [-0.3, -0.25) is 9.05 Å². The third-order valence-corrected chi connectivity index (χ3v) is 11.1. The summed E-state index contributed by atoms with van der Waals surface area (Å²) in [5.74, 6) is -0.598. The van der Waals surface area contributed by atoms with E-state index in [-0.39, 0.29) is 36.0 Å². The van der Waals surface area contributed by atoms with Gasteiger partial charge < -0.3 is 35.1 Å². The van der Waals surface area contributed by atoms with Crippen molar-refractivity contribution >= 4 is 19.2 Å². The Hall–Kier alpha value is -3.70. The maximum Gasteiger partial charge on any atom is 0.472 e. The molecule has 17 heteroatoms. The Morgan fingerprint density at radius 1 is 0.965 bits per heavy atom. The summed E-state index contributed by atoms with van der Waals surface area (Å²) in [5, 5.41) is 45.3. The van der Waals surface area contributed by atoms with Gasteiger partial charge in [-0.2, -0.15) is 15.6 Å². The lowest BCUT2D eigenvalue weighted by molar-refractivity contribution is -0.0669. The van der Waals surface area contributed by atoms with Crippen LogP contribution in [0, 0.1) is 28.5 Å². The standard InChI is InChI=1S/C40H58FN6O9P/c1-2-3-4-5-6-7-8-9-10-11-12-13-14-15-16-17-20-52-25-33(26-53-32-22-30(24-42)21-31(41)23-32)56-57(50,51)54-27-35-37(48)38(49)40(28-43,55-35)36-19-18-34-39(44)45-29-46-47(34)36/h18-19,21-23,29,33,35,37-38,48-49H,2-17,20,25-27H2,1H3,(H,50,51)(H2,44,45,46)/t33-,35-,37-,38-,40+/m1/s1. The normalized spacial score (nSPS) is 20.9. The molecule has 4 rings (SSSR count). The topological polar surface area (TPSA) is 228 Å². The van der Waals surface area contributed by atoms with Crippen LogP contribution >= 0.6 is 7.82 Å². The number of nitriles is 2. The Morgan fingerprint density at radius 2 is 1.60 bits per heavy atom. The van der Waals surface area contributed by atoms with E-state index in [0.29, 0.717) is 12.1 Å². The minimum Gasteiger partial charge on any atom is -0.491 e. The Balaban J connectivity index is 1.23. The highest BCUT2D eigenvalue weighted by molar-refractivity contribution is 7.47. The summed E-state index contributed by atoms with van der Waals surface area (Å²) < 4.78 is 56.3. The molecule has 3 aromatic rings. The van der Waals surface area contributed by atoms with E-state index in [1.54, 1.807) is 0 Å². The molecule has 6 atom stereocenters. The summed E-state index contributed by atoms with van der Waals surface area (Å²) in [6.45, 7) is 1.29. The Bertz CT molecular complexity index is 1800.